The first-order valence-corrected chi connectivity index (χ1v) is 10.8. The molecule has 0 atom stereocenters. The maximum atomic E-state index is 13.4. The highest BCUT2D eigenvalue weighted by molar-refractivity contribution is 5.94. The molecule has 0 fully saturated rings. The third-order valence-electron chi connectivity index (χ3n) is 5.68. The molecule has 176 valence electrons. The maximum absolute atomic E-state index is 13.4. The molecule has 5 rings (SSSR count). The van der Waals surface area contributed by atoms with E-state index in [1.54, 1.807) is 48.1 Å². The fourth-order valence-electron chi connectivity index (χ4n) is 4.03. The number of halogens is 1. The minimum absolute atomic E-state index is 0.106. The van der Waals surface area contributed by atoms with Crippen molar-refractivity contribution in [1.82, 2.24) is 14.0 Å². The van der Waals surface area contributed by atoms with Gasteiger partial charge in [0.1, 0.15) is 23.9 Å². The summed E-state index contributed by atoms with van der Waals surface area (Å²) >= 11 is 0. The highest BCUT2D eigenvalue weighted by atomic mass is 19.1. The van der Waals surface area contributed by atoms with Crippen molar-refractivity contribution in [2.45, 2.75) is 6.54 Å². The zero-order valence-electron chi connectivity index (χ0n) is 19.0. The average Bonchev–Trinajstić information content (AvgIpc) is 3.18. The number of rotatable bonds is 6. The Balaban J connectivity index is 1.59. The van der Waals surface area contributed by atoms with Crippen molar-refractivity contribution in [3.05, 3.63) is 89.0 Å². The van der Waals surface area contributed by atoms with Crippen LogP contribution in [0.1, 0.15) is 0 Å². The van der Waals surface area contributed by atoms with Gasteiger partial charge in [-0.25, -0.2) is 13.8 Å². The van der Waals surface area contributed by atoms with Gasteiger partial charge in [-0.1, -0.05) is 12.1 Å². The second kappa shape index (κ2) is 8.94. The number of carbonyl (C=O) groups is 1. The van der Waals surface area contributed by atoms with Gasteiger partial charge in [-0.15, -0.1) is 0 Å². The van der Waals surface area contributed by atoms with Crippen molar-refractivity contribution in [2.24, 2.45) is 0 Å². The molecular formula is C26H21FN4O4. The van der Waals surface area contributed by atoms with E-state index in [4.69, 9.17) is 9.47 Å². The summed E-state index contributed by atoms with van der Waals surface area (Å²) in [6, 6.07) is 19.5. The Morgan fingerprint density at radius 1 is 0.971 bits per heavy atom. The lowest BCUT2D eigenvalue weighted by atomic mass is 10.1. The quantitative estimate of drug-likeness (QED) is 0.402. The zero-order chi connectivity index (χ0) is 24.5. The summed E-state index contributed by atoms with van der Waals surface area (Å²) in [7, 11) is 3.05. The number of imidazole rings is 1. The Bertz CT molecular complexity index is 1620. The number of aromatic nitrogens is 3. The van der Waals surface area contributed by atoms with E-state index in [1.807, 2.05) is 18.2 Å². The van der Waals surface area contributed by atoms with Gasteiger partial charge in [0.25, 0.3) is 5.56 Å². The van der Waals surface area contributed by atoms with Crippen LogP contribution in [0.15, 0.2) is 77.6 Å². The predicted molar refractivity (Wildman–Crippen MR) is 131 cm³/mol. The van der Waals surface area contributed by atoms with Crippen LogP contribution in [0, 0.1) is 5.82 Å². The molecule has 0 spiro atoms. The normalized spacial score (nSPS) is 11.1. The highest BCUT2D eigenvalue weighted by Gasteiger charge is 2.18. The van der Waals surface area contributed by atoms with E-state index in [9.17, 15) is 14.0 Å². The summed E-state index contributed by atoms with van der Waals surface area (Å²) in [5, 5.41) is 2.85. The SMILES string of the molecule is COc1ccc(NC(=O)Cn2c3ccccc3n3c(=O)cc(-c4ccc(F)cc4)nc23)c(OC)c1. The Morgan fingerprint density at radius 2 is 1.71 bits per heavy atom. The smallest absolute Gasteiger partial charge is 0.260 e. The van der Waals surface area contributed by atoms with Crippen molar-refractivity contribution in [3.63, 3.8) is 0 Å². The number of methoxy groups -OCH3 is 2. The number of ether oxygens (including phenoxy) is 2. The summed E-state index contributed by atoms with van der Waals surface area (Å²) < 4.78 is 27.1. The Hall–Kier alpha value is -4.66. The number of hydrogen-bond donors (Lipinski definition) is 1. The van der Waals surface area contributed by atoms with Gasteiger partial charge in [-0.2, -0.15) is 0 Å². The monoisotopic (exact) mass is 472 g/mol. The van der Waals surface area contributed by atoms with Crippen molar-refractivity contribution >= 4 is 28.4 Å². The van der Waals surface area contributed by atoms with Crippen LogP contribution in [0.2, 0.25) is 0 Å². The largest absolute Gasteiger partial charge is 0.497 e. The van der Waals surface area contributed by atoms with Gasteiger partial charge < -0.3 is 19.4 Å². The number of anilines is 1. The van der Waals surface area contributed by atoms with E-state index in [0.717, 1.165) is 0 Å². The molecule has 0 radical (unpaired) electrons. The topological polar surface area (TPSA) is 86.9 Å². The molecular weight excluding hydrogens is 451 g/mol. The molecule has 9 heteroatoms. The van der Waals surface area contributed by atoms with Gasteiger partial charge in [0.05, 0.1) is 36.6 Å². The third-order valence-corrected chi connectivity index (χ3v) is 5.68. The Labute approximate surface area is 199 Å². The average molecular weight is 472 g/mol. The molecule has 0 unspecified atom stereocenters. The van der Waals surface area contributed by atoms with Crippen molar-refractivity contribution in [1.29, 1.82) is 0 Å². The molecule has 0 saturated heterocycles. The molecule has 3 aromatic carbocycles. The van der Waals surface area contributed by atoms with E-state index in [1.165, 1.54) is 29.7 Å². The van der Waals surface area contributed by atoms with Crippen LogP contribution in [0.3, 0.4) is 0 Å². The third kappa shape index (κ3) is 4.08. The molecule has 1 amide bonds. The lowest BCUT2D eigenvalue weighted by Crippen LogP contribution is -2.21. The second-order valence-corrected chi connectivity index (χ2v) is 7.81. The summed E-state index contributed by atoms with van der Waals surface area (Å²) in [4.78, 5) is 30.9. The molecule has 2 heterocycles. The number of benzene rings is 3. The minimum atomic E-state index is -0.383. The summed E-state index contributed by atoms with van der Waals surface area (Å²) in [5.41, 5.74) is 2.45. The lowest BCUT2D eigenvalue weighted by molar-refractivity contribution is -0.116. The van der Waals surface area contributed by atoms with Crippen molar-refractivity contribution < 1.29 is 18.7 Å². The summed E-state index contributed by atoms with van der Waals surface area (Å²) in [5.74, 6) is 0.631. The van der Waals surface area contributed by atoms with E-state index in [0.29, 0.717) is 45.3 Å². The number of fused-ring (bicyclic) bond motifs is 3. The van der Waals surface area contributed by atoms with Crippen LogP contribution >= 0.6 is 0 Å². The van der Waals surface area contributed by atoms with Crippen LogP contribution < -0.4 is 20.3 Å². The van der Waals surface area contributed by atoms with E-state index in [2.05, 4.69) is 10.3 Å². The highest BCUT2D eigenvalue weighted by Crippen LogP contribution is 2.29. The first-order chi connectivity index (χ1) is 17.0. The lowest BCUT2D eigenvalue weighted by Gasteiger charge is -2.12. The maximum Gasteiger partial charge on any atom is 0.260 e. The Morgan fingerprint density at radius 3 is 2.43 bits per heavy atom. The van der Waals surface area contributed by atoms with Crippen molar-refractivity contribution in [3.8, 4) is 22.8 Å². The number of amides is 1. The minimum Gasteiger partial charge on any atom is -0.497 e. The number of nitrogens with zero attached hydrogens (tertiary/aromatic N) is 3. The predicted octanol–water partition coefficient (Wildman–Crippen LogP) is 4.11. The standard InChI is InChI=1S/C26H21FN4O4/c1-34-18-11-12-19(23(13-18)35-2)28-24(32)15-30-21-5-3-4-6-22(21)31-25(33)14-20(29-26(30)31)16-7-9-17(27)10-8-16/h3-14H,15H2,1-2H3,(H,28,32). The van der Waals surface area contributed by atoms with E-state index in [-0.39, 0.29) is 23.8 Å². The van der Waals surface area contributed by atoms with Gasteiger partial charge in [-0.05, 0) is 48.5 Å². The number of nitrogens with one attached hydrogen (secondary N) is 1. The molecule has 0 aliphatic rings. The number of carbonyl (C=O) groups excluding carboxylic acids is 1. The van der Waals surface area contributed by atoms with Gasteiger partial charge in [-0.3, -0.25) is 9.59 Å². The van der Waals surface area contributed by atoms with Gasteiger partial charge in [0.2, 0.25) is 11.7 Å². The number of para-hydroxylation sites is 2. The molecule has 35 heavy (non-hydrogen) atoms. The molecule has 5 aromatic rings. The summed E-state index contributed by atoms with van der Waals surface area (Å²) in [6.45, 7) is -0.106. The molecule has 0 aliphatic heterocycles. The number of hydrogen-bond acceptors (Lipinski definition) is 5. The molecule has 0 aliphatic carbocycles. The first-order valence-electron chi connectivity index (χ1n) is 10.8. The van der Waals surface area contributed by atoms with Crippen LogP contribution in [0.5, 0.6) is 11.5 Å². The van der Waals surface area contributed by atoms with Gasteiger partial charge in [0.15, 0.2) is 0 Å². The Kier molecular flexibility index (Phi) is 5.66. The molecule has 0 saturated carbocycles. The van der Waals surface area contributed by atoms with E-state index >= 15 is 0 Å². The molecule has 1 N–H and O–H groups in total. The van der Waals surface area contributed by atoms with Crippen LogP contribution in [0.25, 0.3) is 28.1 Å². The van der Waals surface area contributed by atoms with Crippen LogP contribution in [-0.4, -0.2) is 34.1 Å². The molecule has 2 aromatic heterocycles. The first kappa shape index (κ1) is 22.1. The molecule has 0 bridgehead atoms. The van der Waals surface area contributed by atoms with Crippen LogP contribution in [0.4, 0.5) is 10.1 Å². The summed E-state index contributed by atoms with van der Waals surface area (Å²) in [6.07, 6.45) is 0. The fourth-order valence-corrected chi connectivity index (χ4v) is 4.03. The van der Waals surface area contributed by atoms with E-state index < -0.39 is 0 Å². The van der Waals surface area contributed by atoms with Gasteiger partial charge in [0, 0.05) is 17.7 Å². The van der Waals surface area contributed by atoms with Gasteiger partial charge >= 0.3 is 0 Å². The van der Waals surface area contributed by atoms with Crippen LogP contribution in [-0.2, 0) is 11.3 Å². The fraction of sp³-hybridized carbons (Fsp3) is 0.115. The second-order valence-electron chi connectivity index (χ2n) is 7.81. The molecule has 8 nitrogen and oxygen atoms in total. The van der Waals surface area contributed by atoms with Crippen molar-refractivity contribution in [2.75, 3.05) is 19.5 Å². The zero-order valence-corrected chi connectivity index (χ0v) is 19.0.